The van der Waals surface area contributed by atoms with Crippen molar-refractivity contribution in [3.05, 3.63) is 58.4 Å². The standard InChI is InChI=1S/C24H28ClN5O2/c1-15(2)21-13-19(20-14-26-30(16(3)4)22(20)27-21)24(32)29-11-9-28(10-12-29)23(31)17-5-7-18(25)8-6-17/h5-8,13-16H,9-12H2,1-4H3. The summed E-state index contributed by atoms with van der Waals surface area (Å²) in [5.41, 5.74) is 2.85. The molecule has 1 aliphatic rings. The number of amides is 2. The summed E-state index contributed by atoms with van der Waals surface area (Å²) in [5, 5.41) is 5.85. The van der Waals surface area contributed by atoms with E-state index >= 15 is 0 Å². The van der Waals surface area contributed by atoms with Gasteiger partial charge in [0.2, 0.25) is 0 Å². The highest BCUT2D eigenvalue weighted by Crippen LogP contribution is 2.26. The van der Waals surface area contributed by atoms with Crippen molar-refractivity contribution in [1.82, 2.24) is 24.6 Å². The van der Waals surface area contributed by atoms with Crippen LogP contribution in [0.4, 0.5) is 0 Å². The molecule has 7 nitrogen and oxygen atoms in total. The first kappa shape index (κ1) is 22.3. The maximum absolute atomic E-state index is 13.5. The van der Waals surface area contributed by atoms with Gasteiger partial charge in [0.15, 0.2) is 5.65 Å². The maximum atomic E-state index is 13.5. The van der Waals surface area contributed by atoms with Crippen LogP contribution in [0.15, 0.2) is 36.5 Å². The zero-order chi connectivity index (χ0) is 23.0. The molecule has 1 saturated heterocycles. The van der Waals surface area contributed by atoms with Gasteiger partial charge < -0.3 is 9.80 Å². The van der Waals surface area contributed by atoms with E-state index in [1.54, 1.807) is 35.4 Å². The number of nitrogens with zero attached hydrogens (tertiary/aromatic N) is 5. The van der Waals surface area contributed by atoms with E-state index in [9.17, 15) is 9.59 Å². The van der Waals surface area contributed by atoms with Gasteiger partial charge in [0.25, 0.3) is 11.8 Å². The van der Waals surface area contributed by atoms with Crippen LogP contribution >= 0.6 is 11.6 Å². The third-order valence-electron chi connectivity index (χ3n) is 5.84. The molecular weight excluding hydrogens is 426 g/mol. The summed E-state index contributed by atoms with van der Waals surface area (Å²) in [7, 11) is 0. The highest BCUT2D eigenvalue weighted by molar-refractivity contribution is 6.30. The summed E-state index contributed by atoms with van der Waals surface area (Å²) in [4.78, 5) is 34.7. The molecule has 168 valence electrons. The Morgan fingerprint density at radius 1 is 0.938 bits per heavy atom. The second kappa shape index (κ2) is 8.90. The Hall–Kier alpha value is -2.93. The van der Waals surface area contributed by atoms with Crippen molar-refractivity contribution >= 4 is 34.4 Å². The third kappa shape index (κ3) is 4.21. The fraction of sp³-hybridized carbons (Fsp3) is 0.417. The first-order valence-corrected chi connectivity index (χ1v) is 11.4. The Bertz CT molecular complexity index is 1150. The molecule has 3 heterocycles. The van der Waals surface area contributed by atoms with Crippen LogP contribution in [0.1, 0.15) is 66.1 Å². The number of piperazine rings is 1. The van der Waals surface area contributed by atoms with Crippen molar-refractivity contribution in [2.45, 2.75) is 39.7 Å². The van der Waals surface area contributed by atoms with Crippen LogP contribution in [0.5, 0.6) is 0 Å². The van der Waals surface area contributed by atoms with Crippen molar-refractivity contribution in [1.29, 1.82) is 0 Å². The molecule has 0 spiro atoms. The Balaban J connectivity index is 1.55. The predicted octanol–water partition coefficient (Wildman–Crippen LogP) is 4.39. The van der Waals surface area contributed by atoms with Gasteiger partial charge in [0, 0.05) is 48.5 Å². The zero-order valence-corrected chi connectivity index (χ0v) is 19.6. The second-order valence-electron chi connectivity index (χ2n) is 8.76. The van der Waals surface area contributed by atoms with Gasteiger partial charge in [0.1, 0.15) is 0 Å². The van der Waals surface area contributed by atoms with Crippen LogP contribution in [0.25, 0.3) is 11.0 Å². The second-order valence-corrected chi connectivity index (χ2v) is 9.20. The van der Waals surface area contributed by atoms with E-state index in [-0.39, 0.29) is 23.8 Å². The van der Waals surface area contributed by atoms with Crippen molar-refractivity contribution in [2.75, 3.05) is 26.2 Å². The molecule has 3 aromatic rings. The van der Waals surface area contributed by atoms with Gasteiger partial charge in [-0.05, 0) is 50.1 Å². The van der Waals surface area contributed by atoms with Crippen LogP contribution in [-0.2, 0) is 0 Å². The highest BCUT2D eigenvalue weighted by atomic mass is 35.5. The molecule has 0 bridgehead atoms. The van der Waals surface area contributed by atoms with Crippen LogP contribution < -0.4 is 0 Å². The summed E-state index contributed by atoms with van der Waals surface area (Å²) >= 11 is 5.93. The number of hydrogen-bond donors (Lipinski definition) is 0. The minimum absolute atomic E-state index is 0.0406. The van der Waals surface area contributed by atoms with E-state index in [0.717, 1.165) is 16.7 Å². The lowest BCUT2D eigenvalue weighted by Gasteiger charge is -2.35. The number of halogens is 1. The average molecular weight is 454 g/mol. The SMILES string of the molecule is CC(C)c1cc(C(=O)N2CCN(C(=O)c3ccc(Cl)cc3)CC2)c2cnn(C(C)C)c2n1. The fourth-order valence-corrected chi connectivity index (χ4v) is 4.07. The van der Waals surface area contributed by atoms with E-state index in [1.807, 2.05) is 15.6 Å². The van der Waals surface area contributed by atoms with E-state index in [0.29, 0.717) is 42.3 Å². The van der Waals surface area contributed by atoms with Gasteiger partial charge >= 0.3 is 0 Å². The maximum Gasteiger partial charge on any atom is 0.254 e. The van der Waals surface area contributed by atoms with Crippen LogP contribution in [0.3, 0.4) is 0 Å². The van der Waals surface area contributed by atoms with E-state index in [2.05, 4.69) is 32.8 Å². The fourth-order valence-electron chi connectivity index (χ4n) is 3.95. The molecule has 0 N–H and O–H groups in total. The number of carbonyl (C=O) groups is 2. The highest BCUT2D eigenvalue weighted by Gasteiger charge is 2.28. The summed E-state index contributed by atoms with van der Waals surface area (Å²) in [6.45, 7) is 10.2. The summed E-state index contributed by atoms with van der Waals surface area (Å²) < 4.78 is 1.86. The van der Waals surface area contributed by atoms with Crippen molar-refractivity contribution in [3.8, 4) is 0 Å². The normalized spacial score (nSPS) is 14.6. The van der Waals surface area contributed by atoms with Gasteiger partial charge in [-0.2, -0.15) is 5.10 Å². The Morgan fingerprint density at radius 2 is 1.53 bits per heavy atom. The lowest BCUT2D eigenvalue weighted by Crippen LogP contribution is -2.50. The number of benzene rings is 1. The Morgan fingerprint density at radius 3 is 2.09 bits per heavy atom. The molecule has 1 aromatic carbocycles. The number of pyridine rings is 1. The largest absolute Gasteiger partial charge is 0.335 e. The third-order valence-corrected chi connectivity index (χ3v) is 6.09. The van der Waals surface area contributed by atoms with E-state index < -0.39 is 0 Å². The van der Waals surface area contributed by atoms with Gasteiger partial charge in [-0.1, -0.05) is 25.4 Å². The minimum Gasteiger partial charge on any atom is -0.335 e. The molecule has 8 heteroatoms. The molecule has 32 heavy (non-hydrogen) atoms. The van der Waals surface area contributed by atoms with Crippen molar-refractivity contribution in [3.63, 3.8) is 0 Å². The molecular formula is C24H28ClN5O2. The molecule has 0 radical (unpaired) electrons. The first-order chi connectivity index (χ1) is 15.3. The van der Waals surface area contributed by atoms with Gasteiger partial charge in [-0.15, -0.1) is 0 Å². The molecule has 0 aliphatic carbocycles. The molecule has 1 aliphatic heterocycles. The number of fused-ring (bicyclic) bond motifs is 1. The lowest BCUT2D eigenvalue weighted by atomic mass is 10.0. The van der Waals surface area contributed by atoms with E-state index in [1.165, 1.54) is 0 Å². The summed E-state index contributed by atoms with van der Waals surface area (Å²) in [5.74, 6) is 0.108. The van der Waals surface area contributed by atoms with Crippen molar-refractivity contribution in [2.24, 2.45) is 0 Å². The predicted molar refractivity (Wildman–Crippen MR) is 125 cm³/mol. The van der Waals surface area contributed by atoms with Gasteiger partial charge in [0.05, 0.1) is 17.1 Å². The number of aromatic nitrogens is 3. The average Bonchev–Trinajstić information content (AvgIpc) is 3.22. The minimum atomic E-state index is -0.0413. The number of hydrogen-bond acceptors (Lipinski definition) is 4. The quantitative estimate of drug-likeness (QED) is 0.587. The molecule has 0 saturated carbocycles. The first-order valence-electron chi connectivity index (χ1n) is 11.0. The zero-order valence-electron chi connectivity index (χ0n) is 18.9. The van der Waals surface area contributed by atoms with E-state index in [4.69, 9.17) is 16.6 Å². The summed E-state index contributed by atoms with van der Waals surface area (Å²) in [6, 6.07) is 8.94. The van der Waals surface area contributed by atoms with Crippen LogP contribution in [-0.4, -0.2) is 62.6 Å². The number of carbonyl (C=O) groups excluding carboxylic acids is 2. The molecule has 1 fully saturated rings. The molecule has 2 amide bonds. The lowest BCUT2D eigenvalue weighted by molar-refractivity contribution is 0.0536. The van der Waals surface area contributed by atoms with Gasteiger partial charge in [-0.3, -0.25) is 9.59 Å². The monoisotopic (exact) mass is 453 g/mol. The molecule has 0 unspecified atom stereocenters. The van der Waals surface area contributed by atoms with Crippen LogP contribution in [0, 0.1) is 0 Å². The topological polar surface area (TPSA) is 71.3 Å². The Kier molecular flexibility index (Phi) is 6.20. The summed E-state index contributed by atoms with van der Waals surface area (Å²) in [6.07, 6.45) is 1.74. The molecule has 0 atom stereocenters. The molecule has 4 rings (SSSR count). The smallest absolute Gasteiger partial charge is 0.254 e. The molecule has 2 aromatic heterocycles. The number of rotatable bonds is 4. The van der Waals surface area contributed by atoms with Crippen LogP contribution in [0.2, 0.25) is 5.02 Å². The Labute approximate surface area is 193 Å². The van der Waals surface area contributed by atoms with Gasteiger partial charge in [-0.25, -0.2) is 9.67 Å². The van der Waals surface area contributed by atoms with Crippen molar-refractivity contribution < 1.29 is 9.59 Å².